The number of rotatable bonds is 1. The Balaban J connectivity index is 1.97. The van der Waals surface area contributed by atoms with Gasteiger partial charge in [-0.2, -0.15) is 0 Å². The number of hydrogen-bond acceptors (Lipinski definition) is 1. The quantitative estimate of drug-likeness (QED) is 0.665. The maximum Gasteiger partial charge on any atom is 0.0594 e. The van der Waals surface area contributed by atoms with Crippen molar-refractivity contribution in [3.63, 3.8) is 0 Å². The molecule has 0 saturated heterocycles. The fourth-order valence-electron chi connectivity index (χ4n) is 5.90. The molecule has 0 radical (unpaired) electrons. The first-order chi connectivity index (χ1) is 9.73. The molecule has 0 heterocycles. The van der Waals surface area contributed by atoms with Crippen LogP contribution >= 0.6 is 0 Å². The van der Waals surface area contributed by atoms with Crippen LogP contribution in [0.2, 0.25) is 0 Å². The van der Waals surface area contributed by atoms with E-state index in [1.807, 2.05) is 0 Å². The van der Waals surface area contributed by atoms with Gasteiger partial charge in [-0.15, -0.1) is 6.58 Å². The van der Waals surface area contributed by atoms with E-state index in [0.717, 1.165) is 12.3 Å². The van der Waals surface area contributed by atoms with Crippen molar-refractivity contribution in [3.8, 4) is 0 Å². The summed E-state index contributed by atoms with van der Waals surface area (Å²) in [6.07, 6.45) is 11.7. The second-order valence-corrected chi connectivity index (χ2v) is 8.99. The molecule has 2 saturated carbocycles. The molecule has 0 aromatic carbocycles. The van der Waals surface area contributed by atoms with E-state index in [1.54, 1.807) is 5.57 Å². The van der Waals surface area contributed by atoms with Crippen LogP contribution in [0, 0.1) is 28.1 Å². The zero-order chi connectivity index (χ0) is 15.5. The first kappa shape index (κ1) is 15.3. The number of aliphatic hydroxyl groups excluding tert-OH is 1. The van der Waals surface area contributed by atoms with Crippen LogP contribution < -0.4 is 0 Å². The molecular formula is C20H32O. The van der Waals surface area contributed by atoms with Crippen LogP contribution in [0.5, 0.6) is 0 Å². The minimum atomic E-state index is -0.122. The molecule has 3 rings (SSSR count). The molecule has 0 bridgehead atoms. The van der Waals surface area contributed by atoms with E-state index in [2.05, 4.69) is 46.4 Å². The Kier molecular flexibility index (Phi) is 3.44. The Hall–Kier alpha value is -0.560. The highest BCUT2D eigenvalue weighted by Crippen LogP contribution is 2.63. The molecular weight excluding hydrogens is 256 g/mol. The lowest BCUT2D eigenvalue weighted by Gasteiger charge is -2.60. The molecule has 0 aromatic heterocycles. The second-order valence-electron chi connectivity index (χ2n) is 8.99. The van der Waals surface area contributed by atoms with Crippen LogP contribution in [-0.4, -0.2) is 11.2 Å². The van der Waals surface area contributed by atoms with Gasteiger partial charge in [0.1, 0.15) is 0 Å². The number of allylic oxidation sites excluding steroid dienone is 3. The van der Waals surface area contributed by atoms with E-state index in [9.17, 15) is 5.11 Å². The van der Waals surface area contributed by atoms with Crippen LogP contribution in [0.15, 0.2) is 24.3 Å². The number of aliphatic hydroxyl groups is 1. The van der Waals surface area contributed by atoms with Gasteiger partial charge in [0.15, 0.2) is 0 Å². The van der Waals surface area contributed by atoms with Gasteiger partial charge < -0.3 is 5.11 Å². The monoisotopic (exact) mass is 288 g/mol. The van der Waals surface area contributed by atoms with Crippen molar-refractivity contribution < 1.29 is 5.11 Å². The van der Waals surface area contributed by atoms with Crippen molar-refractivity contribution >= 4 is 0 Å². The Bertz CT molecular complexity index is 474. The van der Waals surface area contributed by atoms with Gasteiger partial charge in [0.05, 0.1) is 6.10 Å². The van der Waals surface area contributed by atoms with Crippen LogP contribution in [0.4, 0.5) is 0 Å². The van der Waals surface area contributed by atoms with Crippen molar-refractivity contribution in [1.82, 2.24) is 0 Å². The highest BCUT2D eigenvalue weighted by Gasteiger charge is 2.56. The van der Waals surface area contributed by atoms with Crippen LogP contribution in [0.3, 0.4) is 0 Å². The van der Waals surface area contributed by atoms with Gasteiger partial charge in [-0.3, -0.25) is 0 Å². The maximum absolute atomic E-state index is 10.5. The van der Waals surface area contributed by atoms with Crippen molar-refractivity contribution in [1.29, 1.82) is 0 Å². The van der Waals surface area contributed by atoms with Crippen molar-refractivity contribution in [2.45, 2.75) is 72.3 Å². The van der Waals surface area contributed by atoms with Crippen molar-refractivity contribution in [3.05, 3.63) is 24.3 Å². The molecule has 118 valence electrons. The lowest BCUT2D eigenvalue weighted by atomic mass is 9.45. The predicted octanol–water partition coefficient (Wildman–Crippen LogP) is 5.11. The smallest absolute Gasteiger partial charge is 0.0594 e. The molecule has 1 nitrogen and oxygen atoms in total. The SMILES string of the molecule is C=C[C@]1(C)C=C2CCC3C(C)(C)C(O)CC[C@]3(C)C2CC1. The van der Waals surface area contributed by atoms with E-state index < -0.39 is 0 Å². The van der Waals surface area contributed by atoms with Crippen LogP contribution in [-0.2, 0) is 0 Å². The number of fused-ring (bicyclic) bond motifs is 3. The molecule has 0 spiro atoms. The largest absolute Gasteiger partial charge is 0.393 e. The van der Waals surface area contributed by atoms with Gasteiger partial charge in [-0.1, -0.05) is 45.4 Å². The molecule has 3 aliphatic rings. The summed E-state index contributed by atoms with van der Waals surface area (Å²) in [7, 11) is 0. The summed E-state index contributed by atoms with van der Waals surface area (Å²) in [5, 5.41) is 10.5. The van der Waals surface area contributed by atoms with E-state index in [0.29, 0.717) is 11.3 Å². The first-order valence-corrected chi connectivity index (χ1v) is 8.76. The van der Waals surface area contributed by atoms with Gasteiger partial charge in [0.2, 0.25) is 0 Å². The summed E-state index contributed by atoms with van der Waals surface area (Å²) in [5.41, 5.74) is 2.35. The average molecular weight is 288 g/mol. The molecule has 0 aromatic rings. The molecule has 1 N–H and O–H groups in total. The van der Waals surface area contributed by atoms with E-state index >= 15 is 0 Å². The molecule has 5 atom stereocenters. The predicted molar refractivity (Wildman–Crippen MR) is 89.0 cm³/mol. The molecule has 0 amide bonds. The molecule has 0 aliphatic heterocycles. The summed E-state index contributed by atoms with van der Waals surface area (Å²) < 4.78 is 0. The molecule has 21 heavy (non-hydrogen) atoms. The highest BCUT2D eigenvalue weighted by atomic mass is 16.3. The minimum absolute atomic E-state index is 0.0672. The van der Waals surface area contributed by atoms with Gasteiger partial charge >= 0.3 is 0 Å². The van der Waals surface area contributed by atoms with E-state index in [1.165, 1.54) is 32.1 Å². The lowest BCUT2D eigenvalue weighted by Crippen LogP contribution is -2.55. The zero-order valence-corrected chi connectivity index (χ0v) is 14.3. The van der Waals surface area contributed by atoms with Gasteiger partial charge in [0.25, 0.3) is 0 Å². The second kappa shape index (κ2) is 4.72. The third-order valence-electron chi connectivity index (χ3n) is 7.43. The Morgan fingerprint density at radius 2 is 1.86 bits per heavy atom. The molecule has 2 fully saturated rings. The molecule has 1 heteroatoms. The minimum Gasteiger partial charge on any atom is -0.393 e. The normalized spacial score (nSPS) is 48.8. The Morgan fingerprint density at radius 1 is 1.14 bits per heavy atom. The third kappa shape index (κ3) is 2.15. The van der Waals surface area contributed by atoms with Crippen LogP contribution in [0.25, 0.3) is 0 Å². The fraction of sp³-hybridized carbons (Fsp3) is 0.800. The highest BCUT2D eigenvalue weighted by molar-refractivity contribution is 5.26. The summed E-state index contributed by atoms with van der Waals surface area (Å²) >= 11 is 0. The Labute approximate surface area is 130 Å². The number of hydrogen-bond donors (Lipinski definition) is 1. The summed E-state index contributed by atoms with van der Waals surface area (Å²) in [5.74, 6) is 1.39. The van der Waals surface area contributed by atoms with Gasteiger partial charge in [-0.05, 0) is 61.2 Å². The first-order valence-electron chi connectivity index (χ1n) is 8.76. The zero-order valence-electron chi connectivity index (χ0n) is 14.3. The summed E-state index contributed by atoms with van der Waals surface area (Å²) in [4.78, 5) is 0. The van der Waals surface area contributed by atoms with Gasteiger partial charge in [-0.25, -0.2) is 0 Å². The topological polar surface area (TPSA) is 20.2 Å². The fourth-order valence-corrected chi connectivity index (χ4v) is 5.90. The standard InChI is InChI=1S/C20H32O/c1-6-19(4)11-9-15-14(13-19)7-8-16-18(2,3)17(21)10-12-20(15,16)5/h6,13,15-17,21H,1,7-12H2,2-5H3/t15?,16?,17?,19-,20+/m0/s1. The molecule has 3 unspecified atom stereocenters. The maximum atomic E-state index is 10.5. The third-order valence-corrected chi connectivity index (χ3v) is 7.43. The van der Waals surface area contributed by atoms with Gasteiger partial charge in [0, 0.05) is 5.41 Å². The molecule has 3 aliphatic carbocycles. The van der Waals surface area contributed by atoms with Crippen LogP contribution in [0.1, 0.15) is 66.2 Å². The van der Waals surface area contributed by atoms with E-state index in [-0.39, 0.29) is 16.9 Å². The summed E-state index contributed by atoms with van der Waals surface area (Å²) in [6.45, 7) is 13.5. The van der Waals surface area contributed by atoms with Crippen molar-refractivity contribution in [2.75, 3.05) is 0 Å². The summed E-state index contributed by atoms with van der Waals surface area (Å²) in [6, 6.07) is 0. The average Bonchev–Trinajstić information content (AvgIpc) is 2.43. The van der Waals surface area contributed by atoms with Crippen molar-refractivity contribution in [2.24, 2.45) is 28.1 Å². The Morgan fingerprint density at radius 3 is 2.52 bits per heavy atom. The van der Waals surface area contributed by atoms with E-state index in [4.69, 9.17) is 0 Å². The lowest BCUT2D eigenvalue weighted by molar-refractivity contribution is -0.127.